The predicted molar refractivity (Wildman–Crippen MR) is 138 cm³/mol. The monoisotopic (exact) mass is 523 g/mol. The second kappa shape index (κ2) is 19.4. The first-order valence-corrected chi connectivity index (χ1v) is 13.9. The van der Waals surface area contributed by atoms with Crippen molar-refractivity contribution in [3.05, 3.63) is 12.2 Å². The lowest BCUT2D eigenvalue weighted by atomic mass is 10.1. The van der Waals surface area contributed by atoms with Crippen molar-refractivity contribution in [3.8, 4) is 0 Å². The number of carbonyl (C=O) groups excluding carboxylic acids is 5. The molecule has 37 heavy (non-hydrogen) atoms. The maximum atomic E-state index is 12.1. The van der Waals surface area contributed by atoms with E-state index in [1.54, 1.807) is 0 Å². The molecule has 0 saturated carbocycles. The zero-order chi connectivity index (χ0) is 27.5. The lowest BCUT2D eigenvalue weighted by Crippen LogP contribution is -2.38. The highest BCUT2D eigenvalue weighted by Crippen LogP contribution is 2.14. The minimum atomic E-state index is -1.37. The van der Waals surface area contributed by atoms with Gasteiger partial charge in [-0.3, -0.25) is 14.4 Å². The summed E-state index contributed by atoms with van der Waals surface area (Å²) in [5, 5.41) is 0.379. The lowest BCUT2D eigenvalue weighted by Gasteiger charge is -2.18. The summed E-state index contributed by atoms with van der Waals surface area (Å²) in [6.07, 6.45) is 17.2. The normalized spacial score (nSPS) is 15.2. The standard InChI is InChI=1S/C28H45NO8/c1-4-5-6-7-8-9-10-11-12-13-14-15-16-17-18-19-26(32)35-22(2)27(33)36-23(3)28(34)37-29-24(30)20-21-25(29)31/h11-12,22-23H,4-10,13-21H2,1-3H3/t22-,23-/m0/s1. The number of imide groups is 1. The molecule has 0 aromatic carbocycles. The third-order valence-electron chi connectivity index (χ3n) is 6.09. The molecule has 1 saturated heterocycles. The molecule has 9 nitrogen and oxygen atoms in total. The molecule has 9 heteroatoms. The number of hydrogen-bond donors (Lipinski definition) is 0. The number of ether oxygens (including phenoxy) is 2. The van der Waals surface area contributed by atoms with Crippen molar-refractivity contribution >= 4 is 29.7 Å². The van der Waals surface area contributed by atoms with Crippen LogP contribution in [0.15, 0.2) is 12.2 Å². The highest BCUT2D eigenvalue weighted by atomic mass is 16.7. The first kappa shape index (κ1) is 32.3. The molecule has 0 N–H and O–H groups in total. The molecule has 1 aliphatic heterocycles. The van der Waals surface area contributed by atoms with Gasteiger partial charge in [0.1, 0.15) is 0 Å². The van der Waals surface area contributed by atoms with Gasteiger partial charge in [-0.1, -0.05) is 70.4 Å². The van der Waals surface area contributed by atoms with Gasteiger partial charge in [0.15, 0.2) is 12.2 Å². The first-order valence-electron chi connectivity index (χ1n) is 13.9. The summed E-state index contributed by atoms with van der Waals surface area (Å²) < 4.78 is 10.0. The van der Waals surface area contributed by atoms with Gasteiger partial charge in [0.25, 0.3) is 11.8 Å². The maximum Gasteiger partial charge on any atom is 0.373 e. The van der Waals surface area contributed by atoms with E-state index < -0.39 is 41.9 Å². The van der Waals surface area contributed by atoms with Gasteiger partial charge in [0, 0.05) is 19.3 Å². The van der Waals surface area contributed by atoms with Crippen molar-refractivity contribution < 1.29 is 38.3 Å². The smallest absolute Gasteiger partial charge is 0.373 e. The summed E-state index contributed by atoms with van der Waals surface area (Å²) in [6.45, 7) is 4.83. The Morgan fingerprint density at radius 1 is 0.730 bits per heavy atom. The molecule has 0 unspecified atom stereocenters. The summed E-state index contributed by atoms with van der Waals surface area (Å²) in [5.41, 5.74) is 0. The summed E-state index contributed by atoms with van der Waals surface area (Å²) in [4.78, 5) is 63.8. The van der Waals surface area contributed by atoms with Crippen LogP contribution >= 0.6 is 0 Å². The Bertz CT molecular complexity index is 747. The van der Waals surface area contributed by atoms with Crippen LogP contribution in [-0.4, -0.2) is 47.0 Å². The second-order valence-electron chi connectivity index (χ2n) is 9.54. The van der Waals surface area contributed by atoms with Crippen molar-refractivity contribution in [2.24, 2.45) is 0 Å². The van der Waals surface area contributed by atoms with E-state index in [2.05, 4.69) is 19.1 Å². The van der Waals surface area contributed by atoms with Crippen LogP contribution < -0.4 is 0 Å². The molecule has 0 aromatic heterocycles. The first-order chi connectivity index (χ1) is 17.8. The van der Waals surface area contributed by atoms with Gasteiger partial charge < -0.3 is 14.3 Å². The SMILES string of the molecule is CCCCCCCCC=CCCCCCCCC(=O)O[C@@H](C)C(=O)O[C@@H](C)C(=O)ON1C(=O)CCC1=O. The van der Waals surface area contributed by atoms with E-state index in [-0.39, 0.29) is 19.3 Å². The van der Waals surface area contributed by atoms with Crippen LogP contribution in [0.1, 0.15) is 124 Å². The van der Waals surface area contributed by atoms with E-state index in [1.165, 1.54) is 58.8 Å². The van der Waals surface area contributed by atoms with Crippen LogP contribution in [0.4, 0.5) is 0 Å². The highest BCUT2D eigenvalue weighted by molar-refractivity contribution is 6.01. The van der Waals surface area contributed by atoms with E-state index in [9.17, 15) is 24.0 Å². The molecule has 2 amide bonds. The van der Waals surface area contributed by atoms with Gasteiger partial charge in [0.05, 0.1) is 0 Å². The summed E-state index contributed by atoms with van der Waals surface area (Å²) in [6, 6.07) is 0. The van der Waals surface area contributed by atoms with Crippen LogP contribution in [-0.2, 0) is 38.3 Å². The molecule has 0 aromatic rings. The number of hydrogen-bond acceptors (Lipinski definition) is 8. The third kappa shape index (κ3) is 14.6. The Hall–Kier alpha value is -2.71. The van der Waals surface area contributed by atoms with E-state index >= 15 is 0 Å². The van der Waals surface area contributed by atoms with Gasteiger partial charge in [-0.05, 0) is 46.0 Å². The Kier molecular flexibility index (Phi) is 17.0. The highest BCUT2D eigenvalue weighted by Gasteiger charge is 2.35. The van der Waals surface area contributed by atoms with Gasteiger partial charge in [0.2, 0.25) is 0 Å². The average Bonchev–Trinajstić information content (AvgIpc) is 3.18. The average molecular weight is 524 g/mol. The van der Waals surface area contributed by atoms with E-state index in [4.69, 9.17) is 14.3 Å². The van der Waals surface area contributed by atoms with Gasteiger partial charge in [-0.15, -0.1) is 5.06 Å². The Morgan fingerprint density at radius 2 is 1.22 bits per heavy atom. The topological polar surface area (TPSA) is 116 Å². The van der Waals surface area contributed by atoms with Crippen LogP contribution in [0, 0.1) is 0 Å². The number of rotatable bonds is 20. The van der Waals surface area contributed by atoms with Crippen LogP contribution in [0.2, 0.25) is 0 Å². The minimum absolute atomic E-state index is 0.0377. The zero-order valence-corrected chi connectivity index (χ0v) is 22.8. The largest absolute Gasteiger partial charge is 0.451 e. The quantitative estimate of drug-likeness (QED) is 0.0889. The number of amides is 2. The fraction of sp³-hybridized carbons (Fsp3) is 0.750. The van der Waals surface area contributed by atoms with Crippen molar-refractivity contribution in [3.63, 3.8) is 0 Å². The van der Waals surface area contributed by atoms with Crippen molar-refractivity contribution in [1.82, 2.24) is 5.06 Å². The third-order valence-corrected chi connectivity index (χ3v) is 6.09. The van der Waals surface area contributed by atoms with Gasteiger partial charge in [-0.25, -0.2) is 9.59 Å². The number of hydroxylamine groups is 2. The fourth-order valence-corrected chi connectivity index (χ4v) is 3.78. The molecular weight excluding hydrogens is 478 g/mol. The number of nitrogens with zero attached hydrogens (tertiary/aromatic N) is 1. The van der Waals surface area contributed by atoms with E-state index in [0.717, 1.165) is 32.1 Å². The lowest BCUT2D eigenvalue weighted by molar-refractivity contribution is -0.206. The molecule has 0 bridgehead atoms. The van der Waals surface area contributed by atoms with Gasteiger partial charge >= 0.3 is 17.9 Å². The van der Waals surface area contributed by atoms with E-state index in [1.807, 2.05) is 0 Å². The Labute approximate surface area is 221 Å². The van der Waals surface area contributed by atoms with E-state index in [0.29, 0.717) is 11.5 Å². The number of carbonyl (C=O) groups is 5. The Morgan fingerprint density at radius 3 is 1.78 bits per heavy atom. The van der Waals surface area contributed by atoms with Crippen LogP contribution in [0.3, 0.4) is 0 Å². The summed E-state index contributed by atoms with van der Waals surface area (Å²) in [7, 11) is 0. The van der Waals surface area contributed by atoms with Gasteiger partial charge in [-0.2, -0.15) is 0 Å². The molecule has 1 heterocycles. The van der Waals surface area contributed by atoms with Crippen molar-refractivity contribution in [2.45, 2.75) is 136 Å². The molecule has 0 spiro atoms. The molecule has 2 atom stereocenters. The molecule has 1 aliphatic rings. The summed E-state index contributed by atoms with van der Waals surface area (Å²) in [5.74, 6) is -3.75. The maximum absolute atomic E-state index is 12.1. The molecular formula is C28H45NO8. The second-order valence-corrected chi connectivity index (χ2v) is 9.54. The predicted octanol–water partition coefficient (Wildman–Crippen LogP) is 5.49. The molecule has 0 radical (unpaired) electrons. The minimum Gasteiger partial charge on any atom is -0.451 e. The van der Waals surface area contributed by atoms with Crippen LogP contribution in [0.5, 0.6) is 0 Å². The van der Waals surface area contributed by atoms with Crippen molar-refractivity contribution in [2.75, 3.05) is 0 Å². The van der Waals surface area contributed by atoms with Crippen LogP contribution in [0.25, 0.3) is 0 Å². The molecule has 1 fully saturated rings. The molecule has 210 valence electrons. The number of allylic oxidation sites excluding steroid dienone is 2. The number of unbranched alkanes of at least 4 members (excludes halogenated alkanes) is 11. The van der Waals surface area contributed by atoms with Crippen molar-refractivity contribution in [1.29, 1.82) is 0 Å². The Balaban J connectivity index is 2.06. The summed E-state index contributed by atoms with van der Waals surface area (Å²) >= 11 is 0. The zero-order valence-electron chi connectivity index (χ0n) is 22.8. The molecule has 0 aliphatic carbocycles. The molecule has 1 rings (SSSR count). The number of esters is 2. The fourth-order valence-electron chi connectivity index (χ4n) is 3.78.